The van der Waals surface area contributed by atoms with E-state index < -0.39 is 53.7 Å². The van der Waals surface area contributed by atoms with Crippen LogP contribution in [0.5, 0.6) is 0 Å². The summed E-state index contributed by atoms with van der Waals surface area (Å²) in [6.07, 6.45) is -3.57. The van der Waals surface area contributed by atoms with Gasteiger partial charge in [-0.1, -0.05) is 18.2 Å². The van der Waals surface area contributed by atoms with Gasteiger partial charge in [0.05, 0.1) is 17.8 Å². The number of ether oxygens (including phenoxy) is 4. The molecule has 1 saturated heterocycles. The van der Waals surface area contributed by atoms with Gasteiger partial charge in [-0.15, -0.1) is 0 Å². The third-order valence-corrected chi connectivity index (χ3v) is 5.85. The summed E-state index contributed by atoms with van der Waals surface area (Å²) in [6.45, 7) is 3.05. The SMILES string of the molecule is CC(=O)OCC1OC(n2ccc(=O)n(Cc3nn(C)c4ccccc34)c2=O)C(OC(C)=O)C1OC(C)=O. The Balaban J connectivity index is 1.75. The molecule has 4 atom stereocenters. The highest BCUT2D eigenvalue weighted by Crippen LogP contribution is 2.33. The lowest BCUT2D eigenvalue weighted by molar-refractivity contribution is -0.166. The zero-order valence-corrected chi connectivity index (χ0v) is 20.7. The van der Waals surface area contributed by atoms with E-state index in [4.69, 9.17) is 18.9 Å². The van der Waals surface area contributed by atoms with Crippen LogP contribution in [-0.2, 0) is 46.9 Å². The Kier molecular flexibility index (Phi) is 7.25. The van der Waals surface area contributed by atoms with Crippen LogP contribution in [0.25, 0.3) is 10.9 Å². The molecule has 3 aromatic rings. The summed E-state index contributed by atoms with van der Waals surface area (Å²) in [4.78, 5) is 61.3. The molecule has 1 aliphatic heterocycles. The summed E-state index contributed by atoms with van der Waals surface area (Å²) < 4.78 is 25.4. The van der Waals surface area contributed by atoms with Gasteiger partial charge in [0.25, 0.3) is 5.56 Å². The average Bonchev–Trinajstić information content (AvgIpc) is 3.32. The Labute approximate surface area is 210 Å². The fourth-order valence-electron chi connectivity index (χ4n) is 4.34. The smallest absolute Gasteiger partial charge is 0.333 e. The first-order valence-corrected chi connectivity index (χ1v) is 11.4. The van der Waals surface area contributed by atoms with Crippen LogP contribution in [0.2, 0.25) is 0 Å². The molecule has 4 unspecified atom stereocenters. The standard InChI is InChI=1S/C24H26N4O9/c1-13(29)34-12-19-21(35-14(2)30)22(36-15(3)31)23(37-19)27-10-9-20(32)28(24(27)33)11-17-16-7-5-6-8-18(16)26(4)25-17/h5-10,19,21-23H,11-12H2,1-4H3. The number of aromatic nitrogens is 4. The molecular weight excluding hydrogens is 488 g/mol. The van der Waals surface area contributed by atoms with Crippen LogP contribution in [0, 0.1) is 0 Å². The number of hydrogen-bond acceptors (Lipinski definition) is 10. The van der Waals surface area contributed by atoms with Crippen molar-refractivity contribution in [3.05, 3.63) is 63.1 Å². The van der Waals surface area contributed by atoms with Crippen molar-refractivity contribution in [3.63, 3.8) is 0 Å². The van der Waals surface area contributed by atoms with Gasteiger partial charge >= 0.3 is 23.6 Å². The molecule has 0 aliphatic carbocycles. The van der Waals surface area contributed by atoms with Gasteiger partial charge in [-0.3, -0.25) is 33.0 Å². The molecule has 3 heterocycles. The molecule has 4 rings (SSSR count). The highest BCUT2D eigenvalue weighted by molar-refractivity contribution is 5.81. The number of esters is 3. The molecule has 196 valence electrons. The van der Waals surface area contributed by atoms with Crippen molar-refractivity contribution in [3.8, 4) is 0 Å². The zero-order valence-electron chi connectivity index (χ0n) is 20.7. The topological polar surface area (TPSA) is 150 Å². The van der Waals surface area contributed by atoms with E-state index in [2.05, 4.69) is 5.10 Å². The number of nitrogens with zero attached hydrogens (tertiary/aromatic N) is 4. The quantitative estimate of drug-likeness (QED) is 0.317. The number of carbonyl (C=O) groups excluding carboxylic acids is 3. The van der Waals surface area contributed by atoms with Crippen LogP contribution in [0.15, 0.2) is 46.1 Å². The van der Waals surface area contributed by atoms with E-state index in [1.54, 1.807) is 11.7 Å². The van der Waals surface area contributed by atoms with Crippen molar-refractivity contribution in [2.75, 3.05) is 6.61 Å². The summed E-state index contributed by atoms with van der Waals surface area (Å²) in [6, 6.07) is 8.56. The lowest BCUT2D eigenvalue weighted by Gasteiger charge is -2.24. The summed E-state index contributed by atoms with van der Waals surface area (Å²) in [7, 11) is 1.76. The van der Waals surface area contributed by atoms with Gasteiger partial charge < -0.3 is 18.9 Å². The van der Waals surface area contributed by atoms with Gasteiger partial charge in [-0.2, -0.15) is 5.10 Å². The molecule has 1 aliphatic rings. The number of fused-ring (bicyclic) bond motifs is 1. The van der Waals surface area contributed by atoms with Crippen molar-refractivity contribution < 1.29 is 33.3 Å². The summed E-state index contributed by atoms with van der Waals surface area (Å²) in [5.41, 5.74) is -0.0112. The van der Waals surface area contributed by atoms with Crippen LogP contribution >= 0.6 is 0 Å². The summed E-state index contributed by atoms with van der Waals surface area (Å²) >= 11 is 0. The van der Waals surface area contributed by atoms with Gasteiger partial charge in [-0.25, -0.2) is 4.79 Å². The fraction of sp³-hybridized carbons (Fsp3) is 0.417. The second kappa shape index (κ2) is 10.4. The number of aryl methyl sites for hydroxylation is 1. The van der Waals surface area contributed by atoms with E-state index >= 15 is 0 Å². The molecule has 0 spiro atoms. The van der Waals surface area contributed by atoms with Crippen LogP contribution in [0.1, 0.15) is 32.7 Å². The minimum absolute atomic E-state index is 0.130. The monoisotopic (exact) mass is 514 g/mol. The first kappa shape index (κ1) is 25.8. The van der Waals surface area contributed by atoms with E-state index in [0.29, 0.717) is 5.69 Å². The molecule has 0 saturated carbocycles. The molecule has 37 heavy (non-hydrogen) atoms. The average molecular weight is 514 g/mol. The molecule has 13 nitrogen and oxygen atoms in total. The number of hydrogen-bond donors (Lipinski definition) is 0. The number of rotatable bonds is 7. The van der Waals surface area contributed by atoms with Gasteiger partial charge in [-0.05, 0) is 6.07 Å². The first-order valence-electron chi connectivity index (χ1n) is 11.4. The van der Waals surface area contributed by atoms with E-state index in [-0.39, 0.29) is 13.2 Å². The molecule has 0 N–H and O–H groups in total. The maximum absolute atomic E-state index is 13.5. The van der Waals surface area contributed by atoms with Crippen molar-refractivity contribution in [1.82, 2.24) is 18.9 Å². The Bertz CT molecular complexity index is 1470. The fourth-order valence-corrected chi connectivity index (χ4v) is 4.34. The molecule has 13 heteroatoms. The molecule has 0 amide bonds. The minimum Gasteiger partial charge on any atom is -0.463 e. The van der Waals surface area contributed by atoms with Crippen molar-refractivity contribution in [2.45, 2.75) is 51.9 Å². The third-order valence-electron chi connectivity index (χ3n) is 5.85. The molecular formula is C24H26N4O9. The molecule has 0 radical (unpaired) electrons. The van der Waals surface area contributed by atoms with Crippen LogP contribution in [0.4, 0.5) is 0 Å². The van der Waals surface area contributed by atoms with Crippen molar-refractivity contribution >= 4 is 28.8 Å². The Hall–Kier alpha value is -4.26. The molecule has 1 aromatic carbocycles. The highest BCUT2D eigenvalue weighted by atomic mass is 16.7. The van der Waals surface area contributed by atoms with Crippen LogP contribution in [0.3, 0.4) is 0 Å². The van der Waals surface area contributed by atoms with Gasteiger partial charge in [0.15, 0.2) is 18.4 Å². The van der Waals surface area contributed by atoms with E-state index in [1.807, 2.05) is 24.3 Å². The number of carbonyl (C=O) groups is 3. The number of para-hydroxylation sites is 1. The zero-order chi connectivity index (χ0) is 26.9. The third kappa shape index (κ3) is 5.31. The minimum atomic E-state index is -1.28. The first-order chi connectivity index (χ1) is 17.6. The summed E-state index contributed by atoms with van der Waals surface area (Å²) in [5, 5.41) is 5.22. The maximum atomic E-state index is 13.5. The Morgan fingerprint density at radius 2 is 1.65 bits per heavy atom. The van der Waals surface area contributed by atoms with Gasteiger partial charge in [0, 0.05) is 45.5 Å². The van der Waals surface area contributed by atoms with Crippen molar-refractivity contribution in [2.24, 2.45) is 7.05 Å². The largest absolute Gasteiger partial charge is 0.463 e. The summed E-state index contributed by atoms with van der Waals surface area (Å²) in [5.74, 6) is -2.02. The van der Waals surface area contributed by atoms with E-state index in [9.17, 15) is 24.0 Å². The van der Waals surface area contributed by atoms with Gasteiger partial charge in [0.1, 0.15) is 12.7 Å². The Morgan fingerprint density at radius 1 is 0.973 bits per heavy atom. The highest BCUT2D eigenvalue weighted by Gasteiger charge is 2.51. The maximum Gasteiger partial charge on any atom is 0.333 e. The second-order valence-electron chi connectivity index (χ2n) is 8.53. The predicted octanol–water partition coefficient (Wildman–Crippen LogP) is 0.269. The predicted molar refractivity (Wildman–Crippen MR) is 126 cm³/mol. The molecule has 2 aromatic heterocycles. The van der Waals surface area contributed by atoms with Crippen LogP contribution in [-0.4, -0.2) is 61.7 Å². The lowest BCUT2D eigenvalue weighted by Crippen LogP contribution is -2.45. The van der Waals surface area contributed by atoms with Crippen LogP contribution < -0.4 is 11.2 Å². The second-order valence-corrected chi connectivity index (χ2v) is 8.53. The van der Waals surface area contributed by atoms with Gasteiger partial charge in [0.2, 0.25) is 0 Å². The number of benzene rings is 1. The van der Waals surface area contributed by atoms with E-state index in [0.717, 1.165) is 33.9 Å². The molecule has 1 fully saturated rings. The van der Waals surface area contributed by atoms with E-state index in [1.165, 1.54) is 19.2 Å². The Morgan fingerprint density at radius 3 is 2.32 bits per heavy atom. The van der Waals surface area contributed by atoms with Crippen molar-refractivity contribution in [1.29, 1.82) is 0 Å². The normalized spacial score (nSPS) is 21.1. The lowest BCUT2D eigenvalue weighted by atomic mass is 10.1. The molecule has 0 bridgehead atoms.